The fraction of sp³-hybridized carbons (Fsp3) is 0.417. The number of aryl methyl sites for hydroxylation is 1. The van der Waals surface area contributed by atoms with Crippen molar-refractivity contribution in [2.24, 2.45) is 0 Å². The molecule has 0 amide bonds. The zero-order chi connectivity index (χ0) is 10.7. The summed E-state index contributed by atoms with van der Waals surface area (Å²) in [5, 5.41) is 0. The molecule has 0 atom stereocenters. The summed E-state index contributed by atoms with van der Waals surface area (Å²) in [5.74, 6) is 1.15. The predicted octanol–water partition coefficient (Wildman–Crippen LogP) is 2.72. The lowest BCUT2D eigenvalue weighted by molar-refractivity contribution is 0.0897. The van der Waals surface area contributed by atoms with E-state index in [-0.39, 0.29) is 5.78 Å². The number of hydrogen-bond acceptors (Lipinski definition) is 3. The summed E-state index contributed by atoms with van der Waals surface area (Å²) in [6.45, 7) is 2.60. The Kier molecular flexibility index (Phi) is 2.90. The highest BCUT2D eigenvalue weighted by Gasteiger charge is 2.20. The van der Waals surface area contributed by atoms with E-state index in [9.17, 15) is 4.79 Å². The molecule has 0 saturated heterocycles. The molecule has 0 saturated carbocycles. The summed E-state index contributed by atoms with van der Waals surface area (Å²) in [4.78, 5) is 12.0. The molecular weight excluding hydrogens is 192 g/mol. The SMILES string of the molecule is CCc1occc1C(=O)C1=CCCCO1. The minimum Gasteiger partial charge on any atom is -0.490 e. The van der Waals surface area contributed by atoms with E-state index in [1.807, 2.05) is 13.0 Å². The molecule has 0 spiro atoms. The van der Waals surface area contributed by atoms with E-state index in [1.165, 1.54) is 0 Å². The highest BCUT2D eigenvalue weighted by Crippen LogP contribution is 2.19. The number of ketones is 1. The van der Waals surface area contributed by atoms with Crippen molar-refractivity contribution >= 4 is 5.78 Å². The molecule has 3 nitrogen and oxygen atoms in total. The summed E-state index contributed by atoms with van der Waals surface area (Å²) < 4.78 is 10.6. The van der Waals surface area contributed by atoms with Crippen molar-refractivity contribution in [1.82, 2.24) is 0 Å². The van der Waals surface area contributed by atoms with E-state index in [1.54, 1.807) is 12.3 Å². The molecule has 0 aromatic carbocycles. The summed E-state index contributed by atoms with van der Waals surface area (Å²) in [6.07, 6.45) is 6.04. The molecule has 2 rings (SSSR count). The van der Waals surface area contributed by atoms with E-state index < -0.39 is 0 Å². The van der Waals surface area contributed by atoms with Crippen LogP contribution >= 0.6 is 0 Å². The van der Waals surface area contributed by atoms with Crippen molar-refractivity contribution in [2.75, 3.05) is 6.61 Å². The molecule has 2 heterocycles. The van der Waals surface area contributed by atoms with Crippen molar-refractivity contribution in [3.05, 3.63) is 35.5 Å². The summed E-state index contributed by atoms with van der Waals surface area (Å²) >= 11 is 0. The maximum absolute atomic E-state index is 12.0. The maximum Gasteiger partial charge on any atom is 0.230 e. The Morgan fingerprint density at radius 2 is 2.40 bits per heavy atom. The fourth-order valence-electron chi connectivity index (χ4n) is 1.67. The van der Waals surface area contributed by atoms with Crippen LogP contribution in [0.1, 0.15) is 35.9 Å². The molecule has 80 valence electrons. The second kappa shape index (κ2) is 4.34. The van der Waals surface area contributed by atoms with Crippen LogP contribution in [0.15, 0.2) is 28.6 Å². The third kappa shape index (κ3) is 1.96. The molecule has 0 fully saturated rings. The first-order valence-electron chi connectivity index (χ1n) is 5.27. The van der Waals surface area contributed by atoms with Gasteiger partial charge in [0.1, 0.15) is 5.76 Å². The molecule has 1 aliphatic heterocycles. The molecule has 1 aliphatic rings. The zero-order valence-corrected chi connectivity index (χ0v) is 8.79. The zero-order valence-electron chi connectivity index (χ0n) is 8.79. The van der Waals surface area contributed by atoms with Gasteiger partial charge < -0.3 is 9.15 Å². The van der Waals surface area contributed by atoms with Crippen LogP contribution in [0.5, 0.6) is 0 Å². The number of allylic oxidation sites excluding steroid dienone is 2. The molecule has 0 bridgehead atoms. The Labute approximate surface area is 88.7 Å². The van der Waals surface area contributed by atoms with Crippen LogP contribution in [0.25, 0.3) is 0 Å². The highest BCUT2D eigenvalue weighted by molar-refractivity contribution is 6.08. The fourth-order valence-corrected chi connectivity index (χ4v) is 1.67. The van der Waals surface area contributed by atoms with Crippen LogP contribution in [0.4, 0.5) is 0 Å². The van der Waals surface area contributed by atoms with E-state index in [0.29, 0.717) is 17.9 Å². The lowest BCUT2D eigenvalue weighted by atomic mass is 10.1. The molecule has 3 heteroatoms. The van der Waals surface area contributed by atoms with Crippen LogP contribution in [-0.4, -0.2) is 12.4 Å². The molecule has 1 aromatic rings. The van der Waals surface area contributed by atoms with Gasteiger partial charge in [-0.3, -0.25) is 4.79 Å². The minimum atomic E-state index is -0.0553. The quantitative estimate of drug-likeness (QED) is 0.714. The van der Waals surface area contributed by atoms with Crippen molar-refractivity contribution in [3.63, 3.8) is 0 Å². The summed E-state index contributed by atoms with van der Waals surface area (Å²) in [7, 11) is 0. The second-order valence-electron chi connectivity index (χ2n) is 3.50. The number of Topliss-reactive ketones (excluding diaryl/α,β-unsaturated/α-hetero) is 1. The van der Waals surface area contributed by atoms with Crippen molar-refractivity contribution in [1.29, 1.82) is 0 Å². The lowest BCUT2D eigenvalue weighted by Gasteiger charge is -2.13. The first-order chi connectivity index (χ1) is 7.33. The molecule has 0 aliphatic carbocycles. The summed E-state index contributed by atoms with van der Waals surface area (Å²) in [6, 6.07) is 1.71. The van der Waals surface area contributed by atoms with E-state index in [2.05, 4.69) is 0 Å². The number of carbonyl (C=O) groups is 1. The molecular formula is C12H14O3. The molecule has 1 aromatic heterocycles. The average Bonchev–Trinajstić information content (AvgIpc) is 2.77. The Balaban J connectivity index is 2.23. The van der Waals surface area contributed by atoms with Gasteiger partial charge in [0.2, 0.25) is 5.78 Å². The average molecular weight is 206 g/mol. The van der Waals surface area contributed by atoms with Gasteiger partial charge in [-0.15, -0.1) is 0 Å². The smallest absolute Gasteiger partial charge is 0.230 e. The van der Waals surface area contributed by atoms with Gasteiger partial charge in [0.25, 0.3) is 0 Å². The van der Waals surface area contributed by atoms with Gasteiger partial charge in [-0.1, -0.05) is 6.92 Å². The van der Waals surface area contributed by atoms with Crippen LogP contribution in [0, 0.1) is 0 Å². The van der Waals surface area contributed by atoms with Gasteiger partial charge in [0.05, 0.1) is 18.4 Å². The molecule has 0 N–H and O–H groups in total. The Hall–Kier alpha value is -1.51. The predicted molar refractivity (Wildman–Crippen MR) is 55.7 cm³/mol. The van der Waals surface area contributed by atoms with Gasteiger partial charge >= 0.3 is 0 Å². The third-order valence-corrected chi connectivity index (χ3v) is 2.47. The van der Waals surface area contributed by atoms with Gasteiger partial charge in [-0.2, -0.15) is 0 Å². The van der Waals surface area contributed by atoms with Crippen LogP contribution < -0.4 is 0 Å². The van der Waals surface area contributed by atoms with Crippen molar-refractivity contribution in [2.45, 2.75) is 26.2 Å². The van der Waals surface area contributed by atoms with Crippen LogP contribution in [0.2, 0.25) is 0 Å². The Morgan fingerprint density at radius 3 is 3.07 bits per heavy atom. The largest absolute Gasteiger partial charge is 0.490 e. The van der Waals surface area contributed by atoms with Crippen molar-refractivity contribution < 1.29 is 13.9 Å². The maximum atomic E-state index is 12.0. The standard InChI is InChI=1S/C12H14O3/c1-2-10-9(6-8-15-10)12(13)11-5-3-4-7-14-11/h5-6,8H,2-4,7H2,1H3. The Morgan fingerprint density at radius 1 is 1.53 bits per heavy atom. The number of ether oxygens (including phenoxy) is 1. The number of furan rings is 1. The lowest BCUT2D eigenvalue weighted by Crippen LogP contribution is -2.11. The van der Waals surface area contributed by atoms with Crippen LogP contribution in [-0.2, 0) is 11.2 Å². The first-order valence-corrected chi connectivity index (χ1v) is 5.27. The molecule has 0 unspecified atom stereocenters. The van der Waals surface area contributed by atoms with Gasteiger partial charge in [0.15, 0.2) is 5.76 Å². The minimum absolute atomic E-state index is 0.0553. The third-order valence-electron chi connectivity index (χ3n) is 2.47. The topological polar surface area (TPSA) is 39.4 Å². The van der Waals surface area contributed by atoms with Gasteiger partial charge in [0, 0.05) is 6.42 Å². The second-order valence-corrected chi connectivity index (χ2v) is 3.50. The van der Waals surface area contributed by atoms with Crippen molar-refractivity contribution in [3.8, 4) is 0 Å². The number of hydrogen-bond donors (Lipinski definition) is 0. The monoisotopic (exact) mass is 206 g/mol. The van der Waals surface area contributed by atoms with E-state index >= 15 is 0 Å². The highest BCUT2D eigenvalue weighted by atomic mass is 16.5. The number of carbonyl (C=O) groups excluding carboxylic acids is 1. The molecule has 0 radical (unpaired) electrons. The normalized spacial score (nSPS) is 15.7. The number of rotatable bonds is 3. The van der Waals surface area contributed by atoms with E-state index in [4.69, 9.17) is 9.15 Å². The van der Waals surface area contributed by atoms with Crippen LogP contribution in [0.3, 0.4) is 0 Å². The van der Waals surface area contributed by atoms with Gasteiger partial charge in [-0.25, -0.2) is 0 Å². The van der Waals surface area contributed by atoms with E-state index in [0.717, 1.165) is 25.0 Å². The summed E-state index contributed by atoms with van der Waals surface area (Å²) in [5.41, 5.74) is 0.630. The first kappa shape index (κ1) is 10.0. The van der Waals surface area contributed by atoms with Gasteiger partial charge in [-0.05, 0) is 25.0 Å². The molecule has 15 heavy (non-hydrogen) atoms. The Bertz CT molecular complexity index is 387.